The average molecular weight is 310 g/mol. The Balaban J connectivity index is 1.72. The molecule has 3 aromatic heterocycles. The van der Waals surface area contributed by atoms with Gasteiger partial charge in [-0.05, 0) is 45.4 Å². The largest absolute Gasteiger partial charge is 0.358 e. The molecule has 0 unspecified atom stereocenters. The standard InChI is InChI=1S/C17H22N6/c1-12-6-7-15-16(20-12)17(19-11-18-15)22(4)8-5-9-23-14(3)10-13(2)21-23/h6-7,10-11H,5,8-9H2,1-4H3. The maximum Gasteiger partial charge on any atom is 0.158 e. The molecule has 0 radical (unpaired) electrons. The number of hydrogen-bond acceptors (Lipinski definition) is 5. The highest BCUT2D eigenvalue weighted by atomic mass is 15.3. The van der Waals surface area contributed by atoms with Gasteiger partial charge < -0.3 is 4.90 Å². The fourth-order valence-electron chi connectivity index (χ4n) is 2.77. The van der Waals surface area contributed by atoms with Crippen LogP contribution in [0.4, 0.5) is 5.82 Å². The Kier molecular flexibility index (Phi) is 4.23. The molecule has 0 aliphatic carbocycles. The van der Waals surface area contributed by atoms with E-state index in [-0.39, 0.29) is 0 Å². The van der Waals surface area contributed by atoms with Gasteiger partial charge in [0.25, 0.3) is 0 Å². The van der Waals surface area contributed by atoms with Crippen molar-refractivity contribution >= 4 is 16.9 Å². The second-order valence-corrected chi connectivity index (χ2v) is 5.94. The van der Waals surface area contributed by atoms with Gasteiger partial charge in [0.2, 0.25) is 0 Å². The first kappa shape index (κ1) is 15.4. The first-order valence-electron chi connectivity index (χ1n) is 7.85. The summed E-state index contributed by atoms with van der Waals surface area (Å²) in [6.07, 6.45) is 2.60. The lowest BCUT2D eigenvalue weighted by molar-refractivity contribution is 0.561. The zero-order valence-electron chi connectivity index (χ0n) is 14.1. The van der Waals surface area contributed by atoms with E-state index in [0.29, 0.717) is 0 Å². The molecule has 6 heteroatoms. The highest BCUT2D eigenvalue weighted by Gasteiger charge is 2.10. The SMILES string of the molecule is Cc1ccc2ncnc(N(C)CCCn3nc(C)cc3C)c2n1. The van der Waals surface area contributed by atoms with Gasteiger partial charge in [-0.1, -0.05) is 0 Å². The number of fused-ring (bicyclic) bond motifs is 1. The molecule has 0 aliphatic heterocycles. The van der Waals surface area contributed by atoms with Gasteiger partial charge in [0.1, 0.15) is 11.8 Å². The molecule has 3 rings (SSSR count). The van der Waals surface area contributed by atoms with Crippen LogP contribution in [0.15, 0.2) is 24.5 Å². The number of rotatable bonds is 5. The Bertz CT molecular complexity index is 823. The van der Waals surface area contributed by atoms with Crippen LogP contribution in [0, 0.1) is 20.8 Å². The van der Waals surface area contributed by atoms with E-state index in [4.69, 9.17) is 0 Å². The van der Waals surface area contributed by atoms with Crippen molar-refractivity contribution in [1.29, 1.82) is 0 Å². The molecule has 0 aromatic carbocycles. The summed E-state index contributed by atoms with van der Waals surface area (Å²) >= 11 is 0. The molecule has 23 heavy (non-hydrogen) atoms. The van der Waals surface area contributed by atoms with Gasteiger partial charge in [-0.3, -0.25) is 4.68 Å². The number of anilines is 1. The van der Waals surface area contributed by atoms with Crippen LogP contribution in [0.25, 0.3) is 11.0 Å². The summed E-state index contributed by atoms with van der Waals surface area (Å²) in [5.74, 6) is 0.882. The minimum atomic E-state index is 0.862. The number of aromatic nitrogens is 5. The first-order valence-corrected chi connectivity index (χ1v) is 7.85. The Hall–Kier alpha value is -2.50. The topological polar surface area (TPSA) is 59.7 Å². The Morgan fingerprint density at radius 2 is 1.91 bits per heavy atom. The van der Waals surface area contributed by atoms with E-state index in [1.54, 1.807) is 6.33 Å². The summed E-state index contributed by atoms with van der Waals surface area (Å²) < 4.78 is 2.06. The quantitative estimate of drug-likeness (QED) is 0.725. The normalized spacial score (nSPS) is 11.1. The molecule has 0 fully saturated rings. The second kappa shape index (κ2) is 6.32. The van der Waals surface area contributed by atoms with Gasteiger partial charge >= 0.3 is 0 Å². The van der Waals surface area contributed by atoms with Crippen LogP contribution >= 0.6 is 0 Å². The Labute approximate surface area is 136 Å². The molecule has 0 saturated heterocycles. The number of nitrogens with zero attached hydrogens (tertiary/aromatic N) is 6. The lowest BCUT2D eigenvalue weighted by Gasteiger charge is -2.19. The van der Waals surface area contributed by atoms with Gasteiger partial charge in [-0.25, -0.2) is 15.0 Å². The van der Waals surface area contributed by atoms with E-state index >= 15 is 0 Å². The monoisotopic (exact) mass is 310 g/mol. The highest BCUT2D eigenvalue weighted by Crippen LogP contribution is 2.20. The van der Waals surface area contributed by atoms with E-state index in [1.807, 2.05) is 33.0 Å². The lowest BCUT2D eigenvalue weighted by Crippen LogP contribution is -2.22. The number of hydrogen-bond donors (Lipinski definition) is 0. The summed E-state index contributed by atoms with van der Waals surface area (Å²) in [5, 5.41) is 4.50. The third-order valence-electron chi connectivity index (χ3n) is 3.93. The zero-order valence-corrected chi connectivity index (χ0v) is 14.1. The summed E-state index contributed by atoms with van der Waals surface area (Å²) in [6.45, 7) is 7.89. The lowest BCUT2D eigenvalue weighted by atomic mass is 10.3. The molecule has 0 saturated carbocycles. The number of aryl methyl sites for hydroxylation is 4. The third-order valence-corrected chi connectivity index (χ3v) is 3.93. The molecule has 3 heterocycles. The molecular weight excluding hydrogens is 288 g/mol. The van der Waals surface area contributed by atoms with E-state index in [1.165, 1.54) is 5.69 Å². The summed E-state index contributed by atoms with van der Waals surface area (Å²) in [5.41, 5.74) is 4.99. The van der Waals surface area contributed by atoms with Crippen LogP contribution in [0.2, 0.25) is 0 Å². The highest BCUT2D eigenvalue weighted by molar-refractivity contribution is 5.85. The van der Waals surface area contributed by atoms with Crippen LogP contribution in [0.5, 0.6) is 0 Å². The molecular formula is C17H22N6. The van der Waals surface area contributed by atoms with E-state index in [9.17, 15) is 0 Å². The summed E-state index contributed by atoms with van der Waals surface area (Å²) in [4.78, 5) is 15.5. The fourth-order valence-corrected chi connectivity index (χ4v) is 2.77. The molecule has 0 atom stereocenters. The predicted octanol–water partition coefficient (Wildman–Crippen LogP) is 2.67. The first-order chi connectivity index (χ1) is 11.0. The van der Waals surface area contributed by atoms with Crippen molar-refractivity contribution < 1.29 is 0 Å². The molecule has 0 amide bonds. The summed E-state index contributed by atoms with van der Waals surface area (Å²) in [7, 11) is 2.05. The predicted molar refractivity (Wildman–Crippen MR) is 91.7 cm³/mol. The van der Waals surface area contributed by atoms with Crippen molar-refractivity contribution in [3.05, 3.63) is 41.6 Å². The molecule has 6 nitrogen and oxygen atoms in total. The third kappa shape index (κ3) is 3.31. The molecule has 0 bridgehead atoms. The smallest absolute Gasteiger partial charge is 0.158 e. The van der Waals surface area contributed by atoms with Crippen molar-refractivity contribution in [2.75, 3.05) is 18.5 Å². The van der Waals surface area contributed by atoms with Crippen LogP contribution < -0.4 is 4.90 Å². The average Bonchev–Trinajstić information content (AvgIpc) is 2.84. The molecule has 120 valence electrons. The van der Waals surface area contributed by atoms with Crippen LogP contribution in [0.1, 0.15) is 23.5 Å². The maximum atomic E-state index is 4.60. The van der Waals surface area contributed by atoms with Gasteiger partial charge in [-0.2, -0.15) is 5.10 Å². The summed E-state index contributed by atoms with van der Waals surface area (Å²) in [6, 6.07) is 6.07. The molecule has 0 aliphatic rings. The molecule has 0 spiro atoms. The van der Waals surface area contributed by atoms with Gasteiger partial charge in [0.05, 0.1) is 11.2 Å². The molecule has 0 N–H and O–H groups in total. The maximum absolute atomic E-state index is 4.60. The van der Waals surface area contributed by atoms with Crippen molar-refractivity contribution in [3.8, 4) is 0 Å². The minimum absolute atomic E-state index is 0.862. The van der Waals surface area contributed by atoms with Crippen LogP contribution in [0.3, 0.4) is 0 Å². The fraction of sp³-hybridized carbons (Fsp3) is 0.412. The number of pyridine rings is 1. The van der Waals surface area contributed by atoms with Crippen molar-refractivity contribution in [2.24, 2.45) is 0 Å². The van der Waals surface area contributed by atoms with E-state index < -0.39 is 0 Å². The van der Waals surface area contributed by atoms with Gasteiger partial charge in [-0.15, -0.1) is 0 Å². The minimum Gasteiger partial charge on any atom is -0.358 e. The van der Waals surface area contributed by atoms with E-state index in [2.05, 4.69) is 42.6 Å². The van der Waals surface area contributed by atoms with Gasteiger partial charge in [0, 0.05) is 31.5 Å². The van der Waals surface area contributed by atoms with Gasteiger partial charge in [0.15, 0.2) is 5.82 Å². The van der Waals surface area contributed by atoms with Crippen LogP contribution in [-0.2, 0) is 6.54 Å². The van der Waals surface area contributed by atoms with Crippen molar-refractivity contribution in [2.45, 2.75) is 33.7 Å². The van der Waals surface area contributed by atoms with Crippen molar-refractivity contribution in [3.63, 3.8) is 0 Å². The molecule has 3 aromatic rings. The second-order valence-electron chi connectivity index (χ2n) is 5.94. The van der Waals surface area contributed by atoms with E-state index in [0.717, 1.165) is 47.7 Å². The Morgan fingerprint density at radius 3 is 2.65 bits per heavy atom. The van der Waals surface area contributed by atoms with Crippen molar-refractivity contribution in [1.82, 2.24) is 24.7 Å². The van der Waals surface area contributed by atoms with Crippen LogP contribution in [-0.4, -0.2) is 38.3 Å². The Morgan fingerprint density at radius 1 is 1.09 bits per heavy atom. The zero-order chi connectivity index (χ0) is 16.4.